The molecule has 2 fully saturated rings. The van der Waals surface area contributed by atoms with Crippen molar-refractivity contribution in [2.24, 2.45) is 17.6 Å². The van der Waals surface area contributed by atoms with E-state index in [1.807, 2.05) is 13.8 Å². The van der Waals surface area contributed by atoms with E-state index in [0.717, 1.165) is 43.1 Å². The summed E-state index contributed by atoms with van der Waals surface area (Å²) in [5.41, 5.74) is 5.87. The number of carbonyl (C=O) groups excluding carboxylic acids is 1. The van der Waals surface area contributed by atoms with E-state index >= 15 is 0 Å². The largest absolute Gasteiger partial charge is 0.493 e. The summed E-state index contributed by atoms with van der Waals surface area (Å²) in [6, 6.07) is 3.40. The number of amides is 1. The van der Waals surface area contributed by atoms with E-state index in [2.05, 4.69) is 22.0 Å². The summed E-state index contributed by atoms with van der Waals surface area (Å²) in [6.07, 6.45) is 2.43. The van der Waals surface area contributed by atoms with Crippen molar-refractivity contribution in [1.82, 2.24) is 15.0 Å². The topological polar surface area (TPSA) is 97.7 Å². The number of hydrogen-bond donors (Lipinski definition) is 1. The fourth-order valence-corrected chi connectivity index (χ4v) is 4.95. The third-order valence-electron chi connectivity index (χ3n) is 7.46. The van der Waals surface area contributed by atoms with Gasteiger partial charge in [0.25, 0.3) is 5.92 Å². The van der Waals surface area contributed by atoms with Gasteiger partial charge in [0.05, 0.1) is 13.2 Å². The number of alkyl halides is 2. The predicted octanol–water partition coefficient (Wildman–Crippen LogP) is 4.52. The van der Waals surface area contributed by atoms with Gasteiger partial charge in [-0.25, -0.2) is 13.2 Å². The molecule has 0 unspecified atom stereocenters. The molecule has 0 bridgehead atoms. The number of piperidine rings is 1. The quantitative estimate of drug-likeness (QED) is 0.516. The van der Waals surface area contributed by atoms with Gasteiger partial charge in [0.15, 0.2) is 5.82 Å². The van der Waals surface area contributed by atoms with Gasteiger partial charge >= 0.3 is 6.01 Å². The molecule has 2 aliphatic heterocycles. The Hall–Kier alpha value is -2.82. The van der Waals surface area contributed by atoms with E-state index in [-0.39, 0.29) is 18.0 Å². The van der Waals surface area contributed by atoms with Crippen LogP contribution in [0.25, 0.3) is 0 Å². The lowest BCUT2D eigenvalue weighted by atomic mass is 9.84. The number of rotatable bonds is 9. The maximum absolute atomic E-state index is 14.7. The molecule has 0 saturated carbocycles. The lowest BCUT2D eigenvalue weighted by Crippen LogP contribution is -2.38. The van der Waals surface area contributed by atoms with Crippen LogP contribution in [0.1, 0.15) is 69.8 Å². The highest BCUT2D eigenvalue weighted by atomic mass is 19.3. The zero-order chi connectivity index (χ0) is 26.7. The number of benzene rings is 1. The maximum Gasteiger partial charge on any atom is 0.324 e. The number of nitrogens with two attached hydrogens (primary N) is 1. The van der Waals surface area contributed by atoms with Crippen molar-refractivity contribution < 1.29 is 27.2 Å². The lowest BCUT2D eigenvalue weighted by Gasteiger charge is -2.33. The number of anilines is 1. The number of aromatic nitrogens is 2. The first-order valence-electron chi connectivity index (χ1n) is 13.0. The van der Waals surface area contributed by atoms with Crippen LogP contribution in [0.5, 0.6) is 5.75 Å². The summed E-state index contributed by atoms with van der Waals surface area (Å²) in [7, 11) is 0. The van der Waals surface area contributed by atoms with Crippen molar-refractivity contribution in [3.05, 3.63) is 35.4 Å². The minimum Gasteiger partial charge on any atom is -0.493 e. The van der Waals surface area contributed by atoms with E-state index in [0.29, 0.717) is 30.2 Å². The van der Waals surface area contributed by atoms with Crippen LogP contribution in [0.3, 0.4) is 0 Å². The van der Waals surface area contributed by atoms with Crippen LogP contribution in [0, 0.1) is 17.7 Å². The number of hydrogen-bond acceptors (Lipinski definition) is 7. The van der Waals surface area contributed by atoms with Crippen molar-refractivity contribution in [3.8, 4) is 5.75 Å². The van der Waals surface area contributed by atoms with Gasteiger partial charge in [-0.05, 0) is 37.2 Å². The van der Waals surface area contributed by atoms with Crippen LogP contribution in [-0.4, -0.2) is 59.7 Å². The van der Waals surface area contributed by atoms with Gasteiger partial charge in [0, 0.05) is 43.6 Å². The molecule has 3 heterocycles. The maximum atomic E-state index is 14.7. The molecule has 11 heteroatoms. The van der Waals surface area contributed by atoms with Crippen LogP contribution >= 0.6 is 0 Å². The van der Waals surface area contributed by atoms with Gasteiger partial charge in [-0.1, -0.05) is 32.0 Å². The Morgan fingerprint density at radius 3 is 2.57 bits per heavy atom. The molecule has 204 valence electrons. The highest BCUT2D eigenvalue weighted by molar-refractivity contribution is 5.83. The van der Waals surface area contributed by atoms with Crippen molar-refractivity contribution in [2.45, 2.75) is 64.3 Å². The van der Waals surface area contributed by atoms with Gasteiger partial charge in [0.2, 0.25) is 5.91 Å². The molecule has 1 amide bonds. The van der Waals surface area contributed by atoms with Gasteiger partial charge in [-0.2, -0.15) is 4.98 Å². The van der Waals surface area contributed by atoms with Crippen molar-refractivity contribution in [1.29, 1.82) is 0 Å². The Labute approximate surface area is 215 Å². The Bertz CT molecular complexity index is 1070. The number of likely N-dealkylation sites (tertiary alicyclic amines) is 1. The number of carbonyl (C=O) groups is 1. The minimum atomic E-state index is -2.93. The van der Waals surface area contributed by atoms with E-state index in [9.17, 15) is 18.0 Å². The molecule has 0 radical (unpaired) electrons. The second-order valence-corrected chi connectivity index (χ2v) is 10.6. The highest BCUT2D eigenvalue weighted by Crippen LogP contribution is 2.31. The van der Waals surface area contributed by atoms with Crippen molar-refractivity contribution >= 4 is 11.9 Å². The minimum absolute atomic E-state index is 0.0329. The van der Waals surface area contributed by atoms with Crippen LogP contribution in [0.4, 0.5) is 19.2 Å². The predicted molar refractivity (Wildman–Crippen MR) is 132 cm³/mol. The zero-order valence-corrected chi connectivity index (χ0v) is 21.6. The Morgan fingerprint density at radius 2 is 1.97 bits per heavy atom. The third-order valence-corrected chi connectivity index (χ3v) is 7.46. The highest BCUT2D eigenvalue weighted by Gasteiger charge is 2.41. The molecule has 8 nitrogen and oxygen atoms in total. The summed E-state index contributed by atoms with van der Waals surface area (Å²) in [5.74, 6) is -2.07. The first-order valence-corrected chi connectivity index (χ1v) is 13.0. The first kappa shape index (κ1) is 27.2. The smallest absolute Gasteiger partial charge is 0.324 e. The summed E-state index contributed by atoms with van der Waals surface area (Å²) in [4.78, 5) is 20.1. The molecule has 1 aromatic heterocycles. The molecule has 2 atom stereocenters. The van der Waals surface area contributed by atoms with Crippen LogP contribution < -0.4 is 15.4 Å². The summed E-state index contributed by atoms with van der Waals surface area (Å²) >= 11 is 0. The molecular formula is C26H36F3N5O3. The van der Waals surface area contributed by atoms with E-state index in [4.69, 9.17) is 15.0 Å². The van der Waals surface area contributed by atoms with Crippen LogP contribution in [0.15, 0.2) is 22.7 Å². The standard InChI is InChI=1S/C26H36F3N5O3/c1-16(2)23-31-25(37-32-23)33-10-6-18(7-11-33)17(3)8-13-36-19-4-5-20(21(27)14-19)22(30)24(35)34-12-9-26(28,29)15-34/h4-5,14,16-18,22H,6-13,15,30H2,1-3H3/t17-,22+/m1/s1. The molecule has 2 saturated heterocycles. The fourth-order valence-electron chi connectivity index (χ4n) is 4.95. The summed E-state index contributed by atoms with van der Waals surface area (Å²) in [5, 5.41) is 4.04. The Balaban J connectivity index is 1.22. The Morgan fingerprint density at radius 1 is 1.24 bits per heavy atom. The molecule has 0 spiro atoms. The lowest BCUT2D eigenvalue weighted by molar-refractivity contribution is -0.133. The number of nitrogens with zero attached hydrogens (tertiary/aromatic N) is 4. The number of halogens is 3. The first-order chi connectivity index (χ1) is 17.5. The monoisotopic (exact) mass is 523 g/mol. The fraction of sp³-hybridized carbons (Fsp3) is 0.654. The van der Waals surface area contributed by atoms with E-state index in [1.54, 1.807) is 6.07 Å². The molecule has 2 aromatic rings. The van der Waals surface area contributed by atoms with Gasteiger partial charge in [0.1, 0.15) is 17.6 Å². The van der Waals surface area contributed by atoms with Crippen LogP contribution in [0.2, 0.25) is 0 Å². The molecule has 37 heavy (non-hydrogen) atoms. The molecule has 2 N–H and O–H groups in total. The summed E-state index contributed by atoms with van der Waals surface area (Å²) in [6.45, 7) is 7.63. The average Bonchev–Trinajstić information content (AvgIpc) is 3.50. The van der Waals surface area contributed by atoms with Gasteiger partial charge in [-0.15, -0.1) is 0 Å². The third kappa shape index (κ3) is 6.55. The normalized spacial score (nSPS) is 19.9. The van der Waals surface area contributed by atoms with Gasteiger partial charge < -0.3 is 24.8 Å². The van der Waals surface area contributed by atoms with E-state index in [1.165, 1.54) is 12.1 Å². The van der Waals surface area contributed by atoms with Crippen LogP contribution in [-0.2, 0) is 4.79 Å². The van der Waals surface area contributed by atoms with E-state index < -0.39 is 36.7 Å². The molecule has 4 rings (SSSR count). The SMILES string of the molecule is CC(C)c1noc(N2CCC([C@H](C)CCOc3ccc([C@H](N)C(=O)N4CCC(F)(F)C4)c(F)c3)CC2)n1. The number of ether oxygens (including phenoxy) is 1. The Kier molecular flexibility index (Phi) is 8.30. The zero-order valence-electron chi connectivity index (χ0n) is 21.6. The molecule has 0 aliphatic carbocycles. The molecule has 2 aliphatic rings. The van der Waals surface area contributed by atoms with Crippen molar-refractivity contribution in [2.75, 3.05) is 37.7 Å². The average molecular weight is 524 g/mol. The molecular weight excluding hydrogens is 487 g/mol. The van der Waals surface area contributed by atoms with Gasteiger partial charge in [-0.3, -0.25) is 4.79 Å². The summed E-state index contributed by atoms with van der Waals surface area (Å²) < 4.78 is 52.7. The second kappa shape index (κ2) is 11.3. The van der Waals surface area contributed by atoms with Crippen molar-refractivity contribution in [3.63, 3.8) is 0 Å². The molecule has 1 aromatic carbocycles. The second-order valence-electron chi connectivity index (χ2n) is 10.6.